The van der Waals surface area contributed by atoms with Crippen molar-refractivity contribution in [2.24, 2.45) is 0 Å². The Balaban J connectivity index is 1.92. The Morgan fingerprint density at radius 1 is 1.24 bits per heavy atom. The lowest BCUT2D eigenvalue weighted by Gasteiger charge is -2.17. The summed E-state index contributed by atoms with van der Waals surface area (Å²) >= 11 is 9.49. The number of hydrogen-bond donors (Lipinski definition) is 2. The maximum absolute atomic E-state index is 13.0. The van der Waals surface area contributed by atoms with E-state index in [9.17, 15) is 13.6 Å². The van der Waals surface area contributed by atoms with E-state index in [0.29, 0.717) is 29.5 Å². The van der Waals surface area contributed by atoms with Crippen LogP contribution in [-0.2, 0) is 4.79 Å². The van der Waals surface area contributed by atoms with Crippen molar-refractivity contribution in [3.63, 3.8) is 0 Å². The third kappa shape index (κ3) is 4.76. The summed E-state index contributed by atoms with van der Waals surface area (Å²) in [6.07, 6.45) is 0.494. The Bertz CT molecular complexity index is 1370. The fraction of sp³-hybridized carbons (Fsp3) is 0.273. The molecule has 2 heterocycles. The van der Waals surface area contributed by atoms with Crippen LogP contribution in [0.4, 0.5) is 14.7 Å². The Morgan fingerprint density at radius 3 is 2.74 bits per heavy atom. The van der Waals surface area contributed by atoms with Crippen LogP contribution in [0, 0.1) is 0 Å². The lowest BCUT2D eigenvalue weighted by Crippen LogP contribution is -2.39. The third-order valence-electron chi connectivity index (χ3n) is 5.03. The van der Waals surface area contributed by atoms with E-state index in [1.54, 1.807) is 0 Å². The maximum Gasteiger partial charge on any atom is 0.387 e. The molecule has 0 fully saturated rings. The zero-order valence-electron chi connectivity index (χ0n) is 18.2. The van der Waals surface area contributed by atoms with Gasteiger partial charge < -0.3 is 15.4 Å². The van der Waals surface area contributed by atoms with Gasteiger partial charge in [0.25, 0.3) is 0 Å². The number of amides is 1. The van der Waals surface area contributed by atoms with Gasteiger partial charge in [0.15, 0.2) is 11.5 Å². The molecule has 0 radical (unpaired) electrons. The van der Waals surface area contributed by atoms with Crippen LogP contribution in [0.25, 0.3) is 27.9 Å². The highest BCUT2D eigenvalue weighted by Gasteiger charge is 2.22. The Hall–Kier alpha value is -3.05. The zero-order chi connectivity index (χ0) is 24.4. The Labute approximate surface area is 206 Å². The molecule has 2 N–H and O–H groups in total. The number of halogens is 4. The first kappa shape index (κ1) is 24.1. The fourth-order valence-corrected chi connectivity index (χ4v) is 4.10. The number of likely N-dealkylation sites (N-methyl/N-ethyl adjacent to an activating group) is 1. The average molecular weight is 554 g/mol. The highest BCUT2D eigenvalue weighted by Crippen LogP contribution is 2.34. The molecule has 12 heteroatoms. The van der Waals surface area contributed by atoms with E-state index in [-0.39, 0.29) is 34.0 Å². The first-order valence-corrected chi connectivity index (χ1v) is 11.6. The normalized spacial score (nSPS) is 12.3. The summed E-state index contributed by atoms with van der Waals surface area (Å²) in [6, 6.07) is 9.24. The van der Waals surface area contributed by atoms with E-state index in [1.165, 1.54) is 22.7 Å². The minimum absolute atomic E-state index is 0.135. The predicted molar refractivity (Wildman–Crippen MR) is 129 cm³/mol. The summed E-state index contributed by atoms with van der Waals surface area (Å²) in [4.78, 5) is 21.8. The van der Waals surface area contributed by atoms with Gasteiger partial charge in [-0.3, -0.25) is 4.79 Å². The predicted octanol–water partition coefficient (Wildman–Crippen LogP) is 5.29. The van der Waals surface area contributed by atoms with Crippen molar-refractivity contribution >= 4 is 55.9 Å². The summed E-state index contributed by atoms with van der Waals surface area (Å²) in [5, 5.41) is 11.4. The van der Waals surface area contributed by atoms with Crippen molar-refractivity contribution in [1.82, 2.24) is 24.9 Å². The number of carbonyl (C=O) groups is 1. The van der Waals surface area contributed by atoms with Gasteiger partial charge in [0.2, 0.25) is 11.9 Å². The molecule has 0 unspecified atom stereocenters. The molecule has 34 heavy (non-hydrogen) atoms. The number of para-hydroxylation sites is 1. The van der Waals surface area contributed by atoms with Gasteiger partial charge in [-0.1, -0.05) is 24.6 Å². The molecular formula is C22H20BrClF2N6O2. The minimum Gasteiger partial charge on any atom is -0.434 e. The van der Waals surface area contributed by atoms with Crippen molar-refractivity contribution in [2.45, 2.75) is 32.9 Å². The van der Waals surface area contributed by atoms with E-state index < -0.39 is 12.7 Å². The average Bonchev–Trinajstić information content (AvgIpc) is 3.23. The van der Waals surface area contributed by atoms with Crippen molar-refractivity contribution in [1.29, 1.82) is 0 Å². The van der Waals surface area contributed by atoms with Crippen LogP contribution in [0.5, 0.6) is 5.75 Å². The molecule has 1 amide bonds. The number of aromatic nitrogens is 4. The molecule has 1 atom stereocenters. The number of fused-ring (bicyclic) bond motifs is 3. The van der Waals surface area contributed by atoms with Crippen molar-refractivity contribution in [2.75, 3.05) is 11.9 Å². The summed E-state index contributed by atoms with van der Waals surface area (Å²) < 4.78 is 32.9. The molecule has 4 rings (SSSR count). The molecule has 0 spiro atoms. The smallest absolute Gasteiger partial charge is 0.387 e. The third-order valence-corrected chi connectivity index (χ3v) is 5.91. The minimum atomic E-state index is -3.05. The molecule has 0 aliphatic heterocycles. The Morgan fingerprint density at radius 2 is 2.03 bits per heavy atom. The van der Waals surface area contributed by atoms with Crippen molar-refractivity contribution in [3.05, 3.63) is 45.9 Å². The van der Waals surface area contributed by atoms with Gasteiger partial charge in [-0.25, -0.2) is 9.97 Å². The molecule has 2 aromatic heterocycles. The van der Waals surface area contributed by atoms with Crippen LogP contribution >= 0.6 is 27.5 Å². The van der Waals surface area contributed by atoms with E-state index in [2.05, 4.69) is 46.4 Å². The number of ether oxygens (including phenoxy) is 1. The van der Waals surface area contributed by atoms with Gasteiger partial charge in [0, 0.05) is 21.4 Å². The topological polar surface area (TPSA) is 93.4 Å². The molecule has 2 aromatic carbocycles. The van der Waals surface area contributed by atoms with Crippen LogP contribution in [0.1, 0.15) is 20.3 Å². The number of rotatable bonds is 8. The first-order chi connectivity index (χ1) is 16.3. The molecule has 0 aliphatic rings. The molecule has 8 nitrogen and oxygen atoms in total. The number of nitrogens with zero attached hydrogens (tertiary/aromatic N) is 4. The zero-order valence-corrected chi connectivity index (χ0v) is 20.5. The van der Waals surface area contributed by atoms with E-state index in [4.69, 9.17) is 11.6 Å². The van der Waals surface area contributed by atoms with Gasteiger partial charge in [0.1, 0.15) is 11.8 Å². The number of anilines is 1. The molecule has 0 saturated heterocycles. The monoisotopic (exact) mass is 552 g/mol. The van der Waals surface area contributed by atoms with E-state index in [0.717, 1.165) is 4.47 Å². The number of alkyl halides is 2. The van der Waals surface area contributed by atoms with E-state index in [1.807, 2.05) is 32.0 Å². The highest BCUT2D eigenvalue weighted by atomic mass is 79.9. The number of nitrogens with one attached hydrogen (secondary N) is 2. The van der Waals surface area contributed by atoms with Gasteiger partial charge in [-0.05, 0) is 59.6 Å². The fourth-order valence-electron chi connectivity index (χ4n) is 3.48. The van der Waals surface area contributed by atoms with Crippen LogP contribution in [-0.4, -0.2) is 44.7 Å². The number of hydrogen-bond acceptors (Lipinski definition) is 6. The van der Waals surface area contributed by atoms with Crippen LogP contribution < -0.4 is 15.4 Å². The second-order valence-electron chi connectivity index (χ2n) is 7.26. The van der Waals surface area contributed by atoms with Gasteiger partial charge in [-0.2, -0.15) is 13.3 Å². The lowest BCUT2D eigenvalue weighted by molar-refractivity contribution is -0.121. The lowest BCUT2D eigenvalue weighted by atomic mass is 10.2. The van der Waals surface area contributed by atoms with Gasteiger partial charge in [0.05, 0.1) is 11.1 Å². The van der Waals surface area contributed by atoms with E-state index >= 15 is 0 Å². The molecule has 0 aliphatic carbocycles. The SMILES string of the molecule is CCNC(=O)[C@@H](CC)Nc1nc2c(Br)cccc2c2nc(-c3ccc(Cl)cc3OC(F)F)nn12. The quantitative estimate of drug-likeness (QED) is 0.308. The molecular weight excluding hydrogens is 534 g/mol. The summed E-state index contributed by atoms with van der Waals surface area (Å²) in [5.41, 5.74) is 1.26. The van der Waals surface area contributed by atoms with Crippen LogP contribution in [0.2, 0.25) is 5.02 Å². The Kier molecular flexibility index (Phi) is 7.13. The van der Waals surface area contributed by atoms with Crippen LogP contribution in [0.15, 0.2) is 40.9 Å². The summed E-state index contributed by atoms with van der Waals surface area (Å²) in [7, 11) is 0. The summed E-state index contributed by atoms with van der Waals surface area (Å²) in [5.74, 6) is 0.0743. The van der Waals surface area contributed by atoms with Gasteiger partial charge >= 0.3 is 6.61 Å². The molecule has 0 saturated carbocycles. The first-order valence-electron chi connectivity index (χ1n) is 10.5. The van der Waals surface area contributed by atoms with Crippen LogP contribution in [0.3, 0.4) is 0 Å². The largest absolute Gasteiger partial charge is 0.434 e. The second kappa shape index (κ2) is 10.1. The standard InChI is InChI=1S/C22H20BrClF2N6O2/c1-3-15(20(33)27-4-2)28-22-29-17-13(6-5-7-14(17)23)19-30-18(31-32(19)22)12-9-8-11(24)10-16(12)34-21(25)26/h5-10,15,21H,3-4H2,1-2H3,(H,27,33)(H,28,29)/t15-/m1/s1. The van der Waals surface area contributed by atoms with Crippen molar-refractivity contribution in [3.8, 4) is 17.1 Å². The molecule has 0 bridgehead atoms. The number of carbonyl (C=O) groups excluding carboxylic acids is 1. The molecule has 4 aromatic rings. The highest BCUT2D eigenvalue weighted by molar-refractivity contribution is 9.10. The maximum atomic E-state index is 13.0. The van der Waals surface area contributed by atoms with Gasteiger partial charge in [-0.15, -0.1) is 5.10 Å². The number of benzene rings is 2. The summed E-state index contributed by atoms with van der Waals surface area (Å²) in [6.45, 7) is 1.14. The van der Waals surface area contributed by atoms with Crippen molar-refractivity contribution < 1.29 is 18.3 Å². The second-order valence-corrected chi connectivity index (χ2v) is 8.55. The molecule has 178 valence electrons.